The zero-order chi connectivity index (χ0) is 25.2. The lowest BCUT2D eigenvalue weighted by Gasteiger charge is -2.27. The van der Waals surface area contributed by atoms with Crippen LogP contribution in [-0.2, 0) is 10.0 Å². The minimum atomic E-state index is -4.36. The predicted molar refractivity (Wildman–Crippen MR) is 129 cm³/mol. The Morgan fingerprint density at radius 3 is 2.14 bits per heavy atom. The molecular weight excluding hydrogens is 476 g/mol. The van der Waals surface area contributed by atoms with E-state index in [9.17, 15) is 28.6 Å². The lowest BCUT2D eigenvalue weighted by Crippen LogP contribution is -2.30. The first kappa shape index (κ1) is 24.0. The summed E-state index contributed by atoms with van der Waals surface area (Å²) in [4.78, 5) is 22.5. The van der Waals surface area contributed by atoms with Crippen LogP contribution in [0.3, 0.4) is 0 Å². The zero-order valence-electron chi connectivity index (χ0n) is 18.7. The minimum Gasteiger partial charge on any atom is -0.355 e. The Bertz CT molecular complexity index is 1350. The van der Waals surface area contributed by atoms with E-state index in [0.717, 1.165) is 43.9 Å². The Morgan fingerprint density at radius 2 is 1.57 bits per heavy atom. The number of piperidine rings is 1. The van der Waals surface area contributed by atoms with Gasteiger partial charge in [-0.25, -0.2) is 8.42 Å². The fourth-order valence-corrected chi connectivity index (χ4v) is 5.01. The molecule has 0 spiro atoms. The third kappa shape index (κ3) is 5.19. The van der Waals surface area contributed by atoms with E-state index >= 15 is 0 Å². The molecule has 0 bridgehead atoms. The summed E-state index contributed by atoms with van der Waals surface area (Å²) < 4.78 is 28.2. The molecule has 1 N–H and O–H groups in total. The Balaban J connectivity index is 1.61. The van der Waals surface area contributed by atoms with Gasteiger partial charge in [-0.1, -0.05) is 12.1 Å². The van der Waals surface area contributed by atoms with E-state index in [2.05, 4.69) is 19.8 Å². The zero-order valence-corrected chi connectivity index (χ0v) is 19.6. The van der Waals surface area contributed by atoms with Crippen molar-refractivity contribution in [2.24, 2.45) is 0 Å². The average molecular weight is 499 g/mol. The van der Waals surface area contributed by atoms with Gasteiger partial charge in [-0.15, -0.1) is 10.2 Å². The minimum absolute atomic E-state index is 0.162. The van der Waals surface area contributed by atoms with Gasteiger partial charge in [0.2, 0.25) is 0 Å². The van der Waals surface area contributed by atoms with Crippen LogP contribution in [0.1, 0.15) is 24.8 Å². The number of nitrogens with zero attached hydrogens (tertiary/aromatic N) is 5. The maximum Gasteiger partial charge on any atom is 0.280 e. The highest BCUT2D eigenvalue weighted by Crippen LogP contribution is 2.32. The molecule has 12 nitrogen and oxygen atoms in total. The van der Waals surface area contributed by atoms with Gasteiger partial charge >= 0.3 is 0 Å². The van der Waals surface area contributed by atoms with Crippen molar-refractivity contribution in [3.8, 4) is 11.3 Å². The number of benzene rings is 2. The summed E-state index contributed by atoms with van der Waals surface area (Å²) in [5.41, 5.74) is -0.241. The van der Waals surface area contributed by atoms with Gasteiger partial charge in [0, 0.05) is 36.5 Å². The van der Waals surface area contributed by atoms with Crippen molar-refractivity contribution in [3.63, 3.8) is 0 Å². The Kier molecular flexibility index (Phi) is 6.60. The molecule has 1 saturated heterocycles. The van der Waals surface area contributed by atoms with E-state index in [4.69, 9.17) is 0 Å². The first-order chi connectivity index (χ1) is 16.7. The lowest BCUT2D eigenvalue weighted by molar-refractivity contribution is -0.395. The molecule has 4 rings (SSSR count). The fourth-order valence-electron chi connectivity index (χ4n) is 3.92. The van der Waals surface area contributed by atoms with Gasteiger partial charge in [-0.3, -0.25) is 25.0 Å². The molecular formula is C22H22N6O6S. The summed E-state index contributed by atoms with van der Waals surface area (Å²) in [5, 5.41) is 31.2. The maximum absolute atomic E-state index is 12.9. The normalized spacial score (nSPS) is 13.9. The molecule has 0 saturated carbocycles. The van der Waals surface area contributed by atoms with Crippen LogP contribution in [0.2, 0.25) is 0 Å². The summed E-state index contributed by atoms with van der Waals surface area (Å²) in [5.74, 6) is 0.785. The van der Waals surface area contributed by atoms with Gasteiger partial charge in [0.15, 0.2) is 5.82 Å². The number of anilines is 2. The molecule has 1 fully saturated rings. The van der Waals surface area contributed by atoms with E-state index in [1.54, 1.807) is 24.3 Å². The summed E-state index contributed by atoms with van der Waals surface area (Å²) in [6.45, 7) is 3.06. The van der Waals surface area contributed by atoms with Crippen LogP contribution in [0.5, 0.6) is 0 Å². The van der Waals surface area contributed by atoms with Crippen LogP contribution >= 0.6 is 0 Å². The average Bonchev–Trinajstić information content (AvgIpc) is 2.84. The topological polar surface area (TPSA) is 161 Å². The van der Waals surface area contributed by atoms with Crippen molar-refractivity contribution in [1.82, 2.24) is 10.2 Å². The third-order valence-electron chi connectivity index (χ3n) is 5.77. The fraction of sp³-hybridized carbons (Fsp3) is 0.273. The summed E-state index contributed by atoms with van der Waals surface area (Å²) in [6.07, 6.45) is 3.42. The molecule has 2 heterocycles. The number of hydrogen-bond donors (Lipinski definition) is 1. The molecule has 1 aliphatic heterocycles. The second-order valence-electron chi connectivity index (χ2n) is 8.11. The van der Waals surface area contributed by atoms with Crippen LogP contribution in [0.15, 0.2) is 53.4 Å². The van der Waals surface area contributed by atoms with Crippen molar-refractivity contribution in [1.29, 1.82) is 0 Å². The molecule has 0 unspecified atom stereocenters. The Hall–Kier alpha value is -4.13. The van der Waals surface area contributed by atoms with Gasteiger partial charge in [0.25, 0.3) is 21.4 Å². The number of nitrogens with one attached hydrogen (secondary N) is 1. The van der Waals surface area contributed by atoms with Crippen molar-refractivity contribution in [2.75, 3.05) is 22.7 Å². The SMILES string of the molecule is Cc1c([N+](=O)[O-])cc(S(=O)(=O)Nc2cccc(-c3ccc(N4CCCCC4)nn3)c2)cc1[N+](=O)[O-]. The number of hydrogen-bond acceptors (Lipinski definition) is 9. The van der Waals surface area contributed by atoms with Crippen LogP contribution in [-0.4, -0.2) is 41.6 Å². The number of nitro benzene ring substituents is 2. The van der Waals surface area contributed by atoms with E-state index in [-0.39, 0.29) is 11.3 Å². The van der Waals surface area contributed by atoms with Gasteiger partial charge in [-0.05, 0) is 50.5 Å². The van der Waals surface area contributed by atoms with Crippen molar-refractivity contribution < 1.29 is 18.3 Å². The van der Waals surface area contributed by atoms with Crippen LogP contribution in [0, 0.1) is 27.2 Å². The molecule has 35 heavy (non-hydrogen) atoms. The van der Waals surface area contributed by atoms with Gasteiger partial charge in [0.1, 0.15) is 10.5 Å². The van der Waals surface area contributed by atoms with E-state index < -0.39 is 36.1 Å². The van der Waals surface area contributed by atoms with Gasteiger partial charge < -0.3 is 4.90 Å². The molecule has 13 heteroatoms. The first-order valence-corrected chi connectivity index (χ1v) is 12.3. The molecule has 0 atom stereocenters. The molecule has 1 aromatic heterocycles. The standard InChI is InChI=1S/C22H22N6O6S/c1-15-20(27(29)30)13-18(14-21(15)28(31)32)35(33,34)25-17-7-5-6-16(12-17)19-8-9-22(24-23-19)26-10-3-2-4-11-26/h5-9,12-14,25H,2-4,10-11H2,1H3. The number of nitro groups is 2. The summed E-state index contributed by atoms with van der Waals surface area (Å²) >= 11 is 0. The third-order valence-corrected chi connectivity index (χ3v) is 7.13. The van der Waals surface area contributed by atoms with Crippen LogP contribution in [0.4, 0.5) is 22.9 Å². The second kappa shape index (κ2) is 9.62. The van der Waals surface area contributed by atoms with E-state index in [1.807, 2.05) is 6.07 Å². The molecule has 3 aromatic rings. The molecule has 0 radical (unpaired) electrons. The van der Waals surface area contributed by atoms with Crippen LogP contribution < -0.4 is 9.62 Å². The monoisotopic (exact) mass is 498 g/mol. The smallest absolute Gasteiger partial charge is 0.280 e. The second-order valence-corrected chi connectivity index (χ2v) is 9.79. The maximum atomic E-state index is 12.9. The highest BCUT2D eigenvalue weighted by atomic mass is 32.2. The van der Waals surface area contributed by atoms with E-state index in [0.29, 0.717) is 11.3 Å². The number of sulfonamides is 1. The largest absolute Gasteiger partial charge is 0.355 e. The van der Waals surface area contributed by atoms with Gasteiger partial charge in [0.05, 0.1) is 15.5 Å². The van der Waals surface area contributed by atoms with Crippen molar-refractivity contribution in [3.05, 3.63) is 74.3 Å². The molecule has 0 aliphatic carbocycles. The molecule has 0 amide bonds. The molecule has 2 aromatic carbocycles. The highest BCUT2D eigenvalue weighted by Gasteiger charge is 2.28. The van der Waals surface area contributed by atoms with Gasteiger partial charge in [-0.2, -0.15) is 0 Å². The Morgan fingerprint density at radius 1 is 0.914 bits per heavy atom. The summed E-state index contributed by atoms with van der Waals surface area (Å²) in [6, 6.07) is 11.7. The van der Waals surface area contributed by atoms with Crippen molar-refractivity contribution in [2.45, 2.75) is 31.1 Å². The number of rotatable bonds is 7. The quantitative estimate of drug-likeness (QED) is 0.374. The van der Waals surface area contributed by atoms with E-state index in [1.165, 1.54) is 19.4 Å². The first-order valence-electron chi connectivity index (χ1n) is 10.8. The highest BCUT2D eigenvalue weighted by molar-refractivity contribution is 7.92. The van der Waals surface area contributed by atoms with Crippen molar-refractivity contribution >= 4 is 32.9 Å². The molecule has 182 valence electrons. The van der Waals surface area contributed by atoms with Crippen LogP contribution in [0.25, 0.3) is 11.3 Å². The Labute approximate surface area is 201 Å². The predicted octanol–water partition coefficient (Wildman–Crippen LogP) is 4.06. The molecule has 1 aliphatic rings. The number of aromatic nitrogens is 2. The summed E-state index contributed by atoms with van der Waals surface area (Å²) in [7, 11) is -4.36. The lowest BCUT2D eigenvalue weighted by atomic mass is 10.1.